The Kier molecular flexibility index (Phi) is 20.8. The lowest BCUT2D eigenvalue weighted by molar-refractivity contribution is -0.151. The Morgan fingerprint density at radius 2 is 1.00 bits per heavy atom. The van der Waals surface area contributed by atoms with Crippen LogP contribution < -0.4 is 0 Å². The number of hydrogen-bond acceptors (Lipinski definition) is 2. The Morgan fingerprint density at radius 3 is 1.43 bits per heavy atom. The molecule has 0 fully saturated rings. The predicted molar refractivity (Wildman–Crippen MR) is 124 cm³/mol. The van der Waals surface area contributed by atoms with Gasteiger partial charge in [0.05, 0.1) is 0 Å². The molecule has 0 aliphatic rings. The van der Waals surface area contributed by atoms with Gasteiger partial charge in [0.25, 0.3) is 0 Å². The molecule has 0 bridgehead atoms. The summed E-state index contributed by atoms with van der Waals surface area (Å²) in [6.45, 7) is 8.88. The molecular formula is C26H52O2. The van der Waals surface area contributed by atoms with Crippen molar-refractivity contribution in [2.75, 3.05) is 0 Å². The van der Waals surface area contributed by atoms with Gasteiger partial charge in [-0.25, -0.2) is 0 Å². The first-order chi connectivity index (χ1) is 13.6. The van der Waals surface area contributed by atoms with E-state index < -0.39 is 0 Å². The number of unbranched alkanes of at least 4 members (excludes halogenated alkanes) is 15. The van der Waals surface area contributed by atoms with Crippen molar-refractivity contribution in [3.63, 3.8) is 0 Å². The fourth-order valence-corrected chi connectivity index (χ4v) is 3.82. The number of carbonyl (C=O) groups is 1. The quantitative estimate of drug-likeness (QED) is 0.143. The molecule has 1 unspecified atom stereocenters. The molecule has 0 rings (SSSR count). The average Bonchev–Trinajstić information content (AvgIpc) is 2.67. The lowest BCUT2D eigenvalue weighted by Gasteiger charge is -2.21. The van der Waals surface area contributed by atoms with Crippen LogP contribution in [0.15, 0.2) is 0 Å². The molecule has 0 aromatic heterocycles. The fourth-order valence-electron chi connectivity index (χ4n) is 3.82. The van der Waals surface area contributed by atoms with Gasteiger partial charge < -0.3 is 4.74 Å². The second-order valence-electron chi connectivity index (χ2n) is 9.11. The maximum absolute atomic E-state index is 12.2. The van der Waals surface area contributed by atoms with Crippen molar-refractivity contribution in [1.29, 1.82) is 0 Å². The second-order valence-corrected chi connectivity index (χ2v) is 9.11. The third-order valence-corrected chi connectivity index (χ3v) is 5.85. The summed E-state index contributed by atoms with van der Waals surface area (Å²) in [5, 5.41) is 0. The van der Waals surface area contributed by atoms with Crippen LogP contribution in [0.5, 0.6) is 0 Å². The summed E-state index contributed by atoms with van der Waals surface area (Å²) >= 11 is 0. The first-order valence-electron chi connectivity index (χ1n) is 12.8. The van der Waals surface area contributed by atoms with E-state index in [1.54, 1.807) is 0 Å². The molecule has 2 nitrogen and oxygen atoms in total. The van der Waals surface area contributed by atoms with Gasteiger partial charge in [-0.2, -0.15) is 0 Å². The molecule has 0 radical (unpaired) electrons. The summed E-state index contributed by atoms with van der Waals surface area (Å²) in [4.78, 5) is 12.2. The first-order valence-corrected chi connectivity index (χ1v) is 12.8. The van der Waals surface area contributed by atoms with Gasteiger partial charge in [-0.3, -0.25) is 4.79 Å². The van der Waals surface area contributed by atoms with Crippen molar-refractivity contribution in [1.82, 2.24) is 0 Å². The molecule has 0 N–H and O–H groups in total. The number of esters is 1. The maximum atomic E-state index is 12.2. The Labute approximate surface area is 177 Å². The van der Waals surface area contributed by atoms with E-state index >= 15 is 0 Å². The molecule has 0 aromatic carbocycles. The van der Waals surface area contributed by atoms with E-state index in [1.807, 2.05) is 0 Å². The highest BCUT2D eigenvalue weighted by Gasteiger charge is 2.17. The van der Waals surface area contributed by atoms with Gasteiger partial charge in [0.15, 0.2) is 0 Å². The highest BCUT2D eigenvalue weighted by atomic mass is 16.5. The van der Waals surface area contributed by atoms with Crippen molar-refractivity contribution in [2.24, 2.45) is 5.92 Å². The predicted octanol–water partition coefficient (Wildman–Crippen LogP) is 9.01. The minimum atomic E-state index is 0.0283. The highest BCUT2D eigenvalue weighted by Crippen LogP contribution is 2.18. The number of hydrogen-bond donors (Lipinski definition) is 0. The largest absolute Gasteiger partial charge is 0.462 e. The molecule has 0 aliphatic carbocycles. The smallest absolute Gasteiger partial charge is 0.306 e. The molecule has 0 saturated carbocycles. The summed E-state index contributed by atoms with van der Waals surface area (Å²) in [5.74, 6) is 0.456. The van der Waals surface area contributed by atoms with Crippen molar-refractivity contribution in [2.45, 2.75) is 156 Å². The Balaban J connectivity index is 3.59. The van der Waals surface area contributed by atoms with E-state index in [1.165, 1.54) is 103 Å². The Bertz CT molecular complexity index is 324. The van der Waals surface area contributed by atoms with Gasteiger partial charge >= 0.3 is 5.97 Å². The normalized spacial score (nSPS) is 12.5. The van der Waals surface area contributed by atoms with Gasteiger partial charge in [0.1, 0.15) is 6.10 Å². The average molecular weight is 397 g/mol. The van der Waals surface area contributed by atoms with Crippen LogP contribution in [0, 0.1) is 5.92 Å². The molecule has 0 aromatic rings. The standard InChI is InChI=1S/C26H52O2/c1-5-7-9-11-13-14-15-16-17-19-21-23-26(27)28-25(24(3)4)22-20-18-12-10-8-6-2/h24-25H,5-23H2,1-4H3. The van der Waals surface area contributed by atoms with E-state index in [0.717, 1.165) is 12.8 Å². The summed E-state index contributed by atoms with van der Waals surface area (Å²) in [5.41, 5.74) is 0. The van der Waals surface area contributed by atoms with Crippen LogP contribution in [0.4, 0.5) is 0 Å². The minimum absolute atomic E-state index is 0.0283. The fraction of sp³-hybridized carbons (Fsp3) is 0.962. The number of carbonyl (C=O) groups excluding carboxylic acids is 1. The van der Waals surface area contributed by atoms with Crippen LogP contribution in [0.2, 0.25) is 0 Å². The van der Waals surface area contributed by atoms with Gasteiger partial charge in [-0.15, -0.1) is 0 Å². The molecule has 0 aliphatic heterocycles. The van der Waals surface area contributed by atoms with Crippen molar-refractivity contribution < 1.29 is 9.53 Å². The third kappa shape index (κ3) is 18.8. The summed E-state index contributed by atoms with van der Waals surface area (Å²) < 4.78 is 5.79. The number of ether oxygens (including phenoxy) is 1. The molecule has 0 heterocycles. The van der Waals surface area contributed by atoms with Crippen LogP contribution in [0.25, 0.3) is 0 Å². The van der Waals surface area contributed by atoms with Crippen LogP contribution in [0.1, 0.15) is 150 Å². The summed E-state index contributed by atoms with van der Waals surface area (Å²) in [6.07, 6.45) is 24.0. The van der Waals surface area contributed by atoms with Crippen LogP contribution in [0.3, 0.4) is 0 Å². The zero-order chi connectivity index (χ0) is 20.9. The van der Waals surface area contributed by atoms with Crippen molar-refractivity contribution in [3.05, 3.63) is 0 Å². The summed E-state index contributed by atoms with van der Waals surface area (Å²) in [7, 11) is 0. The second kappa shape index (κ2) is 21.2. The lowest BCUT2D eigenvalue weighted by atomic mass is 9.99. The SMILES string of the molecule is CCCCCCCCCCCCCC(=O)OC(CCCCCCCC)C(C)C. The molecule has 0 spiro atoms. The monoisotopic (exact) mass is 396 g/mol. The van der Waals surface area contributed by atoms with E-state index in [-0.39, 0.29) is 12.1 Å². The zero-order valence-electron chi connectivity index (χ0n) is 19.9. The molecular weight excluding hydrogens is 344 g/mol. The maximum Gasteiger partial charge on any atom is 0.306 e. The molecule has 0 amide bonds. The Morgan fingerprint density at radius 1 is 0.607 bits per heavy atom. The third-order valence-electron chi connectivity index (χ3n) is 5.85. The van der Waals surface area contributed by atoms with Gasteiger partial charge in [0.2, 0.25) is 0 Å². The van der Waals surface area contributed by atoms with E-state index in [9.17, 15) is 4.79 Å². The van der Waals surface area contributed by atoms with Crippen molar-refractivity contribution in [3.8, 4) is 0 Å². The summed E-state index contributed by atoms with van der Waals surface area (Å²) in [6, 6.07) is 0. The molecule has 2 heteroatoms. The Hall–Kier alpha value is -0.530. The van der Waals surface area contributed by atoms with Crippen LogP contribution in [-0.2, 0) is 9.53 Å². The molecule has 0 saturated heterocycles. The lowest BCUT2D eigenvalue weighted by Crippen LogP contribution is -2.23. The molecule has 168 valence electrons. The van der Waals surface area contributed by atoms with Crippen LogP contribution in [-0.4, -0.2) is 12.1 Å². The molecule has 28 heavy (non-hydrogen) atoms. The van der Waals surface area contributed by atoms with E-state index in [0.29, 0.717) is 12.3 Å². The van der Waals surface area contributed by atoms with E-state index in [4.69, 9.17) is 4.74 Å². The topological polar surface area (TPSA) is 26.3 Å². The molecule has 1 atom stereocenters. The van der Waals surface area contributed by atoms with Crippen LogP contribution >= 0.6 is 0 Å². The minimum Gasteiger partial charge on any atom is -0.462 e. The van der Waals surface area contributed by atoms with Gasteiger partial charge in [-0.05, 0) is 25.2 Å². The van der Waals surface area contributed by atoms with E-state index in [2.05, 4.69) is 27.7 Å². The first kappa shape index (κ1) is 27.5. The van der Waals surface area contributed by atoms with Gasteiger partial charge in [0, 0.05) is 6.42 Å². The van der Waals surface area contributed by atoms with Gasteiger partial charge in [-0.1, -0.05) is 124 Å². The highest BCUT2D eigenvalue weighted by molar-refractivity contribution is 5.69. The van der Waals surface area contributed by atoms with Crippen molar-refractivity contribution >= 4 is 5.97 Å². The number of rotatable bonds is 21. The zero-order valence-corrected chi connectivity index (χ0v) is 19.9.